The predicted molar refractivity (Wildman–Crippen MR) is 54.6 cm³/mol. The lowest BCUT2D eigenvalue weighted by Gasteiger charge is -2.33. The smallest absolute Gasteiger partial charge is 0.388 e. The van der Waals surface area contributed by atoms with Gasteiger partial charge < -0.3 is 10.2 Å². The standard InChI is InChI=1S/C10H11F3N2O3/c11-10(12,13)6-1-2-9(14-3-6)15-4-7(16)8(17)5-18-15/h1-3,7-8,16-17H,4-5H2/t7-,8+/m0/s1. The molecule has 0 bridgehead atoms. The number of anilines is 1. The van der Waals surface area contributed by atoms with Crippen molar-refractivity contribution in [3.8, 4) is 0 Å². The Kier molecular flexibility index (Phi) is 3.42. The molecule has 2 atom stereocenters. The van der Waals surface area contributed by atoms with Gasteiger partial charge in [-0.05, 0) is 12.1 Å². The van der Waals surface area contributed by atoms with Crippen molar-refractivity contribution in [3.05, 3.63) is 23.9 Å². The molecule has 100 valence electrons. The van der Waals surface area contributed by atoms with E-state index in [1.165, 1.54) is 0 Å². The minimum atomic E-state index is -4.44. The molecular formula is C10H11F3N2O3. The second kappa shape index (κ2) is 4.71. The highest BCUT2D eigenvalue weighted by Gasteiger charge is 2.32. The highest BCUT2D eigenvalue weighted by atomic mass is 19.4. The molecule has 1 aliphatic rings. The number of aliphatic hydroxyl groups is 2. The first-order valence-electron chi connectivity index (χ1n) is 5.18. The average molecular weight is 264 g/mol. The van der Waals surface area contributed by atoms with E-state index in [1.54, 1.807) is 0 Å². The fourth-order valence-corrected chi connectivity index (χ4v) is 1.48. The molecule has 2 heterocycles. The molecule has 2 rings (SSSR count). The Morgan fingerprint density at radius 3 is 2.50 bits per heavy atom. The molecule has 0 aromatic carbocycles. The lowest BCUT2D eigenvalue weighted by Crippen LogP contribution is -2.48. The maximum atomic E-state index is 12.3. The highest BCUT2D eigenvalue weighted by Crippen LogP contribution is 2.29. The van der Waals surface area contributed by atoms with Gasteiger partial charge in [-0.2, -0.15) is 13.2 Å². The maximum Gasteiger partial charge on any atom is 0.417 e. The number of halogens is 3. The minimum absolute atomic E-state index is 0.0560. The van der Waals surface area contributed by atoms with Crippen LogP contribution in [-0.2, 0) is 11.0 Å². The molecule has 1 fully saturated rings. The molecule has 0 aliphatic carbocycles. The molecule has 0 unspecified atom stereocenters. The van der Waals surface area contributed by atoms with Crippen molar-refractivity contribution in [3.63, 3.8) is 0 Å². The third-order valence-corrected chi connectivity index (χ3v) is 2.53. The molecule has 0 spiro atoms. The molecule has 0 amide bonds. The molecule has 0 radical (unpaired) electrons. The Morgan fingerprint density at radius 2 is 2.00 bits per heavy atom. The number of β-amino-alcohol motifs (C(OH)–C–C–N with tert-alkyl or cyclic N) is 1. The summed E-state index contributed by atoms with van der Waals surface area (Å²) in [4.78, 5) is 8.67. The van der Waals surface area contributed by atoms with Crippen molar-refractivity contribution >= 4 is 5.82 Å². The van der Waals surface area contributed by atoms with Crippen LogP contribution in [0.25, 0.3) is 0 Å². The van der Waals surface area contributed by atoms with Crippen LogP contribution in [0.4, 0.5) is 19.0 Å². The number of alkyl halides is 3. The number of aromatic nitrogens is 1. The van der Waals surface area contributed by atoms with E-state index in [-0.39, 0.29) is 19.0 Å². The number of aliphatic hydroxyl groups excluding tert-OH is 2. The number of nitrogens with zero attached hydrogens (tertiary/aromatic N) is 2. The summed E-state index contributed by atoms with van der Waals surface area (Å²) in [7, 11) is 0. The van der Waals surface area contributed by atoms with Crippen LogP contribution in [0.15, 0.2) is 18.3 Å². The van der Waals surface area contributed by atoms with Gasteiger partial charge in [0.25, 0.3) is 0 Å². The molecule has 1 aromatic rings. The molecule has 1 aliphatic heterocycles. The predicted octanol–water partition coefficient (Wildman–Crippen LogP) is 0.574. The minimum Gasteiger partial charge on any atom is -0.388 e. The Balaban J connectivity index is 2.11. The van der Waals surface area contributed by atoms with E-state index >= 15 is 0 Å². The van der Waals surface area contributed by atoms with Crippen LogP contribution < -0.4 is 5.06 Å². The van der Waals surface area contributed by atoms with E-state index in [0.717, 1.165) is 17.2 Å². The number of hydrogen-bond donors (Lipinski definition) is 2. The summed E-state index contributed by atoms with van der Waals surface area (Å²) >= 11 is 0. The normalized spacial score (nSPS) is 25.3. The quantitative estimate of drug-likeness (QED) is 0.776. The van der Waals surface area contributed by atoms with Crippen molar-refractivity contribution < 1.29 is 28.2 Å². The van der Waals surface area contributed by atoms with Crippen molar-refractivity contribution in [2.75, 3.05) is 18.2 Å². The summed E-state index contributed by atoms with van der Waals surface area (Å²) in [5.41, 5.74) is -0.858. The summed E-state index contributed by atoms with van der Waals surface area (Å²) in [6, 6.07) is 2.02. The fourth-order valence-electron chi connectivity index (χ4n) is 1.48. The molecule has 0 saturated carbocycles. The summed E-state index contributed by atoms with van der Waals surface area (Å²) < 4.78 is 37.0. The molecule has 1 aromatic heterocycles. The molecule has 5 nitrogen and oxygen atoms in total. The summed E-state index contributed by atoms with van der Waals surface area (Å²) in [5, 5.41) is 19.8. The van der Waals surface area contributed by atoms with Gasteiger partial charge >= 0.3 is 6.18 Å². The lowest BCUT2D eigenvalue weighted by molar-refractivity contribution is -0.137. The van der Waals surface area contributed by atoms with Gasteiger partial charge in [-0.1, -0.05) is 0 Å². The Labute approximate surface area is 100 Å². The van der Waals surface area contributed by atoms with Gasteiger partial charge in [0.2, 0.25) is 0 Å². The Bertz CT molecular complexity index is 410. The SMILES string of the molecule is O[C@@H]1CON(c2ccc(C(F)(F)F)cn2)C[C@@H]1O. The number of rotatable bonds is 1. The van der Waals surface area contributed by atoms with E-state index < -0.39 is 23.9 Å². The monoisotopic (exact) mass is 264 g/mol. The molecule has 8 heteroatoms. The topological polar surface area (TPSA) is 65.8 Å². The van der Waals surface area contributed by atoms with Gasteiger partial charge in [-0.3, -0.25) is 4.84 Å². The third-order valence-electron chi connectivity index (χ3n) is 2.53. The first kappa shape index (κ1) is 13.1. The van der Waals surface area contributed by atoms with Crippen LogP contribution >= 0.6 is 0 Å². The van der Waals surface area contributed by atoms with E-state index in [4.69, 9.17) is 4.84 Å². The van der Waals surface area contributed by atoms with Crippen LogP contribution in [0.3, 0.4) is 0 Å². The Morgan fingerprint density at radius 1 is 1.28 bits per heavy atom. The van der Waals surface area contributed by atoms with Gasteiger partial charge in [0.05, 0.1) is 12.1 Å². The molecule has 2 N–H and O–H groups in total. The van der Waals surface area contributed by atoms with Crippen molar-refractivity contribution in [2.24, 2.45) is 0 Å². The van der Waals surface area contributed by atoms with Gasteiger partial charge in [-0.25, -0.2) is 10.0 Å². The van der Waals surface area contributed by atoms with Crippen molar-refractivity contribution in [1.29, 1.82) is 0 Å². The van der Waals surface area contributed by atoms with Crippen LogP contribution in [0, 0.1) is 0 Å². The number of hydrogen-bond acceptors (Lipinski definition) is 5. The van der Waals surface area contributed by atoms with E-state index in [2.05, 4.69) is 4.98 Å². The Hall–Kier alpha value is -1.38. The second-order valence-electron chi connectivity index (χ2n) is 3.89. The first-order chi connectivity index (χ1) is 8.38. The maximum absolute atomic E-state index is 12.3. The highest BCUT2D eigenvalue weighted by molar-refractivity contribution is 5.37. The zero-order chi connectivity index (χ0) is 13.3. The van der Waals surface area contributed by atoms with Crippen LogP contribution in [0.1, 0.15) is 5.56 Å². The zero-order valence-corrected chi connectivity index (χ0v) is 9.13. The van der Waals surface area contributed by atoms with Crippen LogP contribution in [0.2, 0.25) is 0 Å². The van der Waals surface area contributed by atoms with Gasteiger partial charge in [0, 0.05) is 6.20 Å². The third kappa shape index (κ3) is 2.71. The zero-order valence-electron chi connectivity index (χ0n) is 9.13. The van der Waals surface area contributed by atoms with E-state index in [0.29, 0.717) is 6.20 Å². The molecule has 18 heavy (non-hydrogen) atoms. The summed E-state index contributed by atoms with van der Waals surface area (Å²) in [6.07, 6.45) is -5.78. The van der Waals surface area contributed by atoms with Gasteiger partial charge in [0.15, 0.2) is 5.82 Å². The first-order valence-corrected chi connectivity index (χ1v) is 5.18. The van der Waals surface area contributed by atoms with E-state index in [9.17, 15) is 23.4 Å². The van der Waals surface area contributed by atoms with Gasteiger partial charge in [0.1, 0.15) is 18.8 Å². The lowest BCUT2D eigenvalue weighted by atomic mass is 10.2. The summed E-state index contributed by atoms with van der Waals surface area (Å²) in [6.45, 7) is -0.191. The summed E-state index contributed by atoms with van der Waals surface area (Å²) in [5.74, 6) is 0.147. The van der Waals surface area contributed by atoms with Gasteiger partial charge in [-0.15, -0.1) is 0 Å². The van der Waals surface area contributed by atoms with Crippen LogP contribution in [0.5, 0.6) is 0 Å². The largest absolute Gasteiger partial charge is 0.417 e. The second-order valence-corrected chi connectivity index (χ2v) is 3.89. The van der Waals surface area contributed by atoms with E-state index in [1.807, 2.05) is 0 Å². The molecular weight excluding hydrogens is 253 g/mol. The van der Waals surface area contributed by atoms with Crippen molar-refractivity contribution in [1.82, 2.24) is 4.98 Å². The number of pyridine rings is 1. The average Bonchev–Trinajstić information content (AvgIpc) is 2.32. The number of hydroxylamine groups is 1. The van der Waals surface area contributed by atoms with Crippen LogP contribution in [-0.4, -0.2) is 40.6 Å². The van der Waals surface area contributed by atoms with Crippen molar-refractivity contribution in [2.45, 2.75) is 18.4 Å². The molecule has 1 saturated heterocycles. The fraction of sp³-hybridized carbons (Fsp3) is 0.500.